The largest absolute Gasteiger partial charge is 0.492 e. The number of hydrogen-bond donors (Lipinski definition) is 5. The van der Waals surface area contributed by atoms with E-state index in [1.165, 1.54) is 0 Å². The van der Waals surface area contributed by atoms with E-state index in [1.807, 2.05) is 25.1 Å². The quantitative estimate of drug-likeness (QED) is 0.142. The lowest BCUT2D eigenvalue weighted by molar-refractivity contribution is -0.127. The summed E-state index contributed by atoms with van der Waals surface area (Å²) >= 11 is 3.47. The molecular weight excluding hydrogens is 464 g/mol. The average Bonchev–Trinajstić information content (AvgIpc) is 2.72. The van der Waals surface area contributed by atoms with E-state index < -0.39 is 11.8 Å². The molecule has 0 bridgehead atoms. The molecular formula is C22H27BrN4O4. The summed E-state index contributed by atoms with van der Waals surface area (Å²) < 4.78 is 6.43. The summed E-state index contributed by atoms with van der Waals surface area (Å²) in [5.41, 5.74) is 7.34. The second kappa shape index (κ2) is 12.1. The van der Waals surface area contributed by atoms with Crippen LogP contribution in [0.1, 0.15) is 43.4 Å². The highest BCUT2D eigenvalue weighted by Gasteiger charge is 2.15. The second-order valence-electron chi connectivity index (χ2n) is 6.97. The van der Waals surface area contributed by atoms with E-state index in [0.717, 1.165) is 16.5 Å². The molecule has 1 atom stereocenters. The number of aliphatic hydroxyl groups is 1. The predicted octanol–water partition coefficient (Wildman–Crippen LogP) is 3.09. The molecule has 0 aliphatic heterocycles. The third kappa shape index (κ3) is 8.03. The minimum Gasteiger partial charge on any atom is -0.492 e. The Kier molecular flexibility index (Phi) is 9.48. The second-order valence-corrected chi connectivity index (χ2v) is 7.83. The Bertz CT molecular complexity index is 918. The molecule has 0 radical (unpaired) electrons. The molecule has 0 saturated heterocycles. The van der Waals surface area contributed by atoms with Crippen molar-refractivity contribution >= 4 is 39.3 Å². The van der Waals surface area contributed by atoms with Gasteiger partial charge in [0.05, 0.1) is 17.1 Å². The maximum absolute atomic E-state index is 12.3. The summed E-state index contributed by atoms with van der Waals surface area (Å²) in [5, 5.41) is 21.6. The Hall–Kier alpha value is -2.91. The number of rotatable bonds is 11. The number of nitrogens with one attached hydrogen (secondary N) is 3. The van der Waals surface area contributed by atoms with Gasteiger partial charge in [0.1, 0.15) is 18.0 Å². The van der Waals surface area contributed by atoms with Crippen LogP contribution in [0.25, 0.3) is 0 Å². The third-order valence-electron chi connectivity index (χ3n) is 4.44. The molecule has 2 amide bonds. The highest BCUT2D eigenvalue weighted by Crippen LogP contribution is 2.28. The maximum atomic E-state index is 12.3. The van der Waals surface area contributed by atoms with Gasteiger partial charge < -0.3 is 26.2 Å². The first-order valence-corrected chi connectivity index (χ1v) is 10.7. The molecule has 0 saturated carbocycles. The first-order chi connectivity index (χ1) is 14.8. The molecule has 0 spiro atoms. The first kappa shape index (κ1) is 24.4. The highest BCUT2D eigenvalue weighted by molar-refractivity contribution is 9.10. The van der Waals surface area contributed by atoms with Crippen molar-refractivity contribution in [2.24, 2.45) is 5.73 Å². The lowest BCUT2D eigenvalue weighted by Crippen LogP contribution is -2.30. The number of halogens is 1. The van der Waals surface area contributed by atoms with Gasteiger partial charge in [-0.25, -0.2) is 0 Å². The van der Waals surface area contributed by atoms with Crippen molar-refractivity contribution in [3.05, 3.63) is 58.1 Å². The number of amides is 2. The van der Waals surface area contributed by atoms with Gasteiger partial charge in [-0.1, -0.05) is 6.07 Å². The van der Waals surface area contributed by atoms with Crippen LogP contribution in [0.2, 0.25) is 0 Å². The number of nitrogen functional groups attached to an aromatic ring is 1. The van der Waals surface area contributed by atoms with Gasteiger partial charge in [-0.15, -0.1) is 0 Å². The summed E-state index contributed by atoms with van der Waals surface area (Å²) in [6.07, 6.45) is 1.14. The van der Waals surface area contributed by atoms with Gasteiger partial charge >= 0.3 is 0 Å². The number of amidine groups is 1. The van der Waals surface area contributed by atoms with E-state index in [4.69, 9.17) is 21.0 Å². The van der Waals surface area contributed by atoms with Crippen molar-refractivity contribution in [3.8, 4) is 5.75 Å². The Morgan fingerprint density at radius 3 is 2.48 bits per heavy atom. The van der Waals surface area contributed by atoms with Crippen LogP contribution in [-0.4, -0.2) is 36.0 Å². The molecule has 2 rings (SSSR count). The maximum Gasteiger partial charge on any atom is 0.233 e. The Morgan fingerprint density at radius 1 is 1.16 bits per heavy atom. The van der Waals surface area contributed by atoms with Crippen molar-refractivity contribution in [2.75, 3.05) is 18.5 Å². The number of hydrogen-bond acceptors (Lipinski definition) is 5. The zero-order chi connectivity index (χ0) is 22.8. The molecule has 0 heterocycles. The van der Waals surface area contributed by atoms with E-state index in [9.17, 15) is 9.59 Å². The number of anilines is 1. The van der Waals surface area contributed by atoms with Gasteiger partial charge in [-0.05, 0) is 77.7 Å². The van der Waals surface area contributed by atoms with Crippen LogP contribution in [0.4, 0.5) is 5.69 Å². The van der Waals surface area contributed by atoms with Gasteiger partial charge in [0.15, 0.2) is 0 Å². The van der Waals surface area contributed by atoms with Crippen LogP contribution in [0.15, 0.2) is 46.9 Å². The number of unbranched alkanes of at least 4 members (excludes halogenated alkanes) is 1. The first-order valence-electron chi connectivity index (χ1n) is 9.87. The van der Waals surface area contributed by atoms with E-state index >= 15 is 0 Å². The van der Waals surface area contributed by atoms with Crippen LogP contribution in [0.5, 0.6) is 5.75 Å². The van der Waals surface area contributed by atoms with E-state index in [2.05, 4.69) is 26.6 Å². The zero-order valence-electron chi connectivity index (χ0n) is 17.3. The zero-order valence-corrected chi connectivity index (χ0v) is 18.9. The molecule has 6 N–H and O–H groups in total. The Labute approximate surface area is 189 Å². The number of ether oxygens (including phenoxy) is 1. The van der Waals surface area contributed by atoms with Crippen LogP contribution in [0.3, 0.4) is 0 Å². The summed E-state index contributed by atoms with van der Waals surface area (Å²) in [7, 11) is 0. The van der Waals surface area contributed by atoms with E-state index in [-0.39, 0.29) is 24.9 Å². The number of aliphatic hydroxyl groups excluding tert-OH is 1. The summed E-state index contributed by atoms with van der Waals surface area (Å²) in [4.78, 5) is 24.4. The van der Waals surface area contributed by atoms with Gasteiger partial charge in [0.2, 0.25) is 11.8 Å². The van der Waals surface area contributed by atoms with Gasteiger partial charge in [-0.2, -0.15) is 0 Å². The smallest absolute Gasteiger partial charge is 0.233 e. The van der Waals surface area contributed by atoms with Crippen molar-refractivity contribution in [1.29, 1.82) is 5.41 Å². The molecule has 9 heteroatoms. The van der Waals surface area contributed by atoms with E-state index in [0.29, 0.717) is 30.0 Å². The standard InChI is InChI=1S/C22H27BrN4O4/c1-14(16-6-9-19(18(23)12-16)31-11-3-2-10-28)26-20(29)13-21(30)27-17-7-4-15(5-8-17)22(24)25/h4-9,12,14,28H,2-3,10-11,13H2,1H3,(H3,24,25)(H,26,29)(H,27,30). The molecule has 0 aliphatic rings. The number of carbonyl (C=O) groups is 2. The van der Waals surface area contributed by atoms with Crippen LogP contribution in [-0.2, 0) is 9.59 Å². The summed E-state index contributed by atoms with van der Waals surface area (Å²) in [6, 6.07) is 11.7. The predicted molar refractivity (Wildman–Crippen MR) is 123 cm³/mol. The Balaban J connectivity index is 1.84. The summed E-state index contributed by atoms with van der Waals surface area (Å²) in [5.74, 6) is -0.201. The fourth-order valence-electron chi connectivity index (χ4n) is 2.76. The molecule has 0 fully saturated rings. The Morgan fingerprint density at radius 2 is 1.87 bits per heavy atom. The monoisotopic (exact) mass is 490 g/mol. The van der Waals surface area contributed by atoms with Crippen LogP contribution in [0, 0.1) is 5.41 Å². The third-order valence-corrected chi connectivity index (χ3v) is 5.06. The summed E-state index contributed by atoms with van der Waals surface area (Å²) in [6.45, 7) is 2.49. The lowest BCUT2D eigenvalue weighted by Gasteiger charge is -2.16. The molecule has 1 unspecified atom stereocenters. The van der Waals surface area contributed by atoms with Crippen molar-refractivity contribution in [1.82, 2.24) is 5.32 Å². The molecule has 2 aromatic carbocycles. The van der Waals surface area contributed by atoms with E-state index in [1.54, 1.807) is 24.3 Å². The minimum atomic E-state index is -0.437. The number of benzene rings is 2. The molecule has 0 aromatic heterocycles. The van der Waals surface area contributed by atoms with Gasteiger partial charge in [0.25, 0.3) is 0 Å². The molecule has 8 nitrogen and oxygen atoms in total. The van der Waals surface area contributed by atoms with Gasteiger partial charge in [0, 0.05) is 17.9 Å². The van der Waals surface area contributed by atoms with Crippen molar-refractivity contribution in [3.63, 3.8) is 0 Å². The SMILES string of the molecule is CC(NC(=O)CC(=O)Nc1ccc(C(=N)N)cc1)c1ccc(OCCCCO)c(Br)c1. The number of carbonyl (C=O) groups excluding carboxylic acids is 2. The molecule has 166 valence electrons. The topological polar surface area (TPSA) is 138 Å². The van der Waals surface area contributed by atoms with Crippen LogP contribution < -0.4 is 21.1 Å². The highest BCUT2D eigenvalue weighted by atomic mass is 79.9. The molecule has 2 aromatic rings. The minimum absolute atomic E-state index is 0.0563. The van der Waals surface area contributed by atoms with Crippen molar-refractivity contribution < 1.29 is 19.4 Å². The fraction of sp³-hybridized carbons (Fsp3) is 0.318. The molecule has 0 aliphatic carbocycles. The van der Waals surface area contributed by atoms with Crippen molar-refractivity contribution in [2.45, 2.75) is 32.2 Å². The number of nitrogens with two attached hydrogens (primary N) is 1. The average molecular weight is 491 g/mol. The molecule has 31 heavy (non-hydrogen) atoms. The fourth-order valence-corrected chi connectivity index (χ4v) is 3.27. The normalized spacial score (nSPS) is 11.5. The van der Waals surface area contributed by atoms with Crippen LogP contribution >= 0.6 is 15.9 Å². The lowest BCUT2D eigenvalue weighted by atomic mass is 10.1. The van der Waals surface area contributed by atoms with Gasteiger partial charge in [-0.3, -0.25) is 15.0 Å².